The summed E-state index contributed by atoms with van der Waals surface area (Å²) >= 11 is 0. The average Bonchev–Trinajstić information content (AvgIpc) is 2.87. The molecule has 8 nitrogen and oxygen atoms in total. The largest absolute Gasteiger partial charge is 0.497 e. The quantitative estimate of drug-likeness (QED) is 0.430. The van der Waals surface area contributed by atoms with Crippen LogP contribution in [0.25, 0.3) is 0 Å². The number of hydrogen-bond donors (Lipinski definition) is 1. The van der Waals surface area contributed by atoms with Gasteiger partial charge in [-0.05, 0) is 61.4 Å². The summed E-state index contributed by atoms with van der Waals surface area (Å²) in [7, 11) is -2.38. The van der Waals surface area contributed by atoms with Gasteiger partial charge in [-0.15, -0.1) is 0 Å². The van der Waals surface area contributed by atoms with Crippen LogP contribution in [-0.4, -0.2) is 40.6 Å². The van der Waals surface area contributed by atoms with Crippen molar-refractivity contribution < 1.29 is 27.5 Å². The fourth-order valence-electron chi connectivity index (χ4n) is 3.46. The van der Waals surface area contributed by atoms with Crippen LogP contribution < -0.4 is 14.4 Å². The Morgan fingerprint density at radius 1 is 0.971 bits per heavy atom. The summed E-state index contributed by atoms with van der Waals surface area (Å²) in [5.74, 6) is -0.606. The van der Waals surface area contributed by atoms with E-state index in [4.69, 9.17) is 9.47 Å². The fraction of sp³-hybridized carbons (Fsp3) is 0.231. The first-order chi connectivity index (χ1) is 16.8. The van der Waals surface area contributed by atoms with Crippen LogP contribution in [0.1, 0.15) is 28.4 Å². The number of esters is 1. The molecule has 1 amide bonds. The molecule has 0 spiro atoms. The monoisotopic (exact) mass is 496 g/mol. The number of para-hydroxylation sites is 1. The number of anilines is 1. The Hall–Kier alpha value is -3.85. The number of aryl methyl sites for hydroxylation is 1. The van der Waals surface area contributed by atoms with Gasteiger partial charge in [0, 0.05) is 13.1 Å². The molecule has 0 fully saturated rings. The average molecular weight is 497 g/mol. The molecular formula is C26H28N2O6S. The van der Waals surface area contributed by atoms with E-state index in [-0.39, 0.29) is 23.5 Å². The molecule has 0 heterocycles. The van der Waals surface area contributed by atoms with E-state index in [1.807, 2.05) is 6.07 Å². The number of nitrogens with zero attached hydrogens (tertiary/aromatic N) is 1. The van der Waals surface area contributed by atoms with E-state index < -0.39 is 28.5 Å². The van der Waals surface area contributed by atoms with Crippen molar-refractivity contribution >= 4 is 27.6 Å². The van der Waals surface area contributed by atoms with E-state index in [1.165, 1.54) is 16.4 Å². The normalized spacial score (nSPS) is 10.9. The molecule has 0 saturated carbocycles. The van der Waals surface area contributed by atoms with Crippen molar-refractivity contribution in [1.82, 2.24) is 5.32 Å². The minimum atomic E-state index is -3.93. The lowest BCUT2D eigenvalue weighted by molar-refractivity contribution is -0.124. The van der Waals surface area contributed by atoms with Gasteiger partial charge in [-0.25, -0.2) is 13.2 Å². The first kappa shape index (κ1) is 25.8. The summed E-state index contributed by atoms with van der Waals surface area (Å²) in [6, 6.07) is 20.3. The summed E-state index contributed by atoms with van der Waals surface area (Å²) in [5, 5.41) is 2.67. The molecule has 0 unspecified atom stereocenters. The first-order valence-corrected chi connectivity index (χ1v) is 12.5. The van der Waals surface area contributed by atoms with Gasteiger partial charge in [0.25, 0.3) is 15.9 Å². The summed E-state index contributed by atoms with van der Waals surface area (Å²) in [4.78, 5) is 24.7. The van der Waals surface area contributed by atoms with E-state index >= 15 is 0 Å². The van der Waals surface area contributed by atoms with Gasteiger partial charge >= 0.3 is 5.97 Å². The van der Waals surface area contributed by atoms with Crippen LogP contribution >= 0.6 is 0 Å². The van der Waals surface area contributed by atoms with Crippen LogP contribution in [0.15, 0.2) is 77.7 Å². The Labute approximate surface area is 205 Å². The lowest BCUT2D eigenvalue weighted by Gasteiger charge is -2.24. The Bertz CT molecular complexity index is 1290. The van der Waals surface area contributed by atoms with E-state index in [1.54, 1.807) is 75.6 Å². The summed E-state index contributed by atoms with van der Waals surface area (Å²) in [6.45, 7) is 3.36. The number of ether oxygens (including phenoxy) is 2. The molecule has 9 heteroatoms. The van der Waals surface area contributed by atoms with Gasteiger partial charge in [0.1, 0.15) is 5.75 Å². The summed E-state index contributed by atoms with van der Waals surface area (Å²) in [5.41, 5.74) is 1.89. The van der Waals surface area contributed by atoms with Crippen molar-refractivity contribution in [3.05, 3.63) is 89.5 Å². The first-order valence-electron chi connectivity index (χ1n) is 11.0. The predicted octanol–water partition coefficient (Wildman–Crippen LogP) is 3.69. The molecule has 1 N–H and O–H groups in total. The second kappa shape index (κ2) is 11.5. The third-order valence-corrected chi connectivity index (χ3v) is 7.33. The number of carbonyl (C=O) groups is 2. The standard InChI is InChI=1S/C26H28N2O6S/c1-4-28(22-10-6-5-7-11-22)35(31,32)24-16-21(14-13-19(24)2)26(30)34-18-25(29)27-17-20-9-8-12-23(15-20)33-3/h5-16H,4,17-18H2,1-3H3,(H,27,29). The second-order valence-corrected chi connectivity index (χ2v) is 9.52. The minimum Gasteiger partial charge on any atom is -0.497 e. The number of methoxy groups -OCH3 is 1. The van der Waals surface area contributed by atoms with Gasteiger partial charge in [-0.3, -0.25) is 9.10 Å². The van der Waals surface area contributed by atoms with Crippen molar-refractivity contribution in [2.45, 2.75) is 25.3 Å². The van der Waals surface area contributed by atoms with Gasteiger partial charge in [-0.2, -0.15) is 0 Å². The lowest BCUT2D eigenvalue weighted by atomic mass is 10.1. The van der Waals surface area contributed by atoms with Crippen molar-refractivity contribution in [1.29, 1.82) is 0 Å². The highest BCUT2D eigenvalue weighted by Crippen LogP contribution is 2.26. The van der Waals surface area contributed by atoms with Gasteiger partial charge in [-0.1, -0.05) is 36.4 Å². The minimum absolute atomic E-state index is 0.000120. The molecule has 0 aliphatic rings. The summed E-state index contributed by atoms with van der Waals surface area (Å²) in [6.07, 6.45) is 0. The molecule has 0 aliphatic carbocycles. The zero-order chi connectivity index (χ0) is 25.4. The van der Waals surface area contributed by atoms with Crippen molar-refractivity contribution in [3.8, 4) is 5.75 Å². The molecular weight excluding hydrogens is 468 g/mol. The molecule has 184 valence electrons. The highest BCUT2D eigenvalue weighted by atomic mass is 32.2. The Morgan fingerprint density at radius 2 is 1.71 bits per heavy atom. The smallest absolute Gasteiger partial charge is 0.338 e. The molecule has 3 rings (SSSR count). The van der Waals surface area contributed by atoms with Crippen molar-refractivity contribution in [2.75, 3.05) is 24.6 Å². The molecule has 0 atom stereocenters. The zero-order valence-corrected chi connectivity index (χ0v) is 20.7. The van der Waals surface area contributed by atoms with Gasteiger partial charge in [0.2, 0.25) is 0 Å². The maximum Gasteiger partial charge on any atom is 0.338 e. The zero-order valence-electron chi connectivity index (χ0n) is 19.9. The second-order valence-electron chi connectivity index (χ2n) is 7.69. The number of benzene rings is 3. The Balaban J connectivity index is 1.68. The Morgan fingerprint density at radius 3 is 2.40 bits per heavy atom. The number of carbonyl (C=O) groups excluding carboxylic acids is 2. The fourth-order valence-corrected chi connectivity index (χ4v) is 5.19. The maximum atomic E-state index is 13.4. The van der Waals surface area contributed by atoms with Crippen LogP contribution in [0.3, 0.4) is 0 Å². The van der Waals surface area contributed by atoms with Gasteiger partial charge in [0.05, 0.1) is 23.3 Å². The SMILES string of the molecule is CCN(c1ccccc1)S(=O)(=O)c1cc(C(=O)OCC(=O)NCc2cccc(OC)c2)ccc1C. The van der Waals surface area contributed by atoms with Crippen molar-refractivity contribution in [3.63, 3.8) is 0 Å². The molecule has 35 heavy (non-hydrogen) atoms. The predicted molar refractivity (Wildman–Crippen MR) is 133 cm³/mol. The molecule has 0 aromatic heterocycles. The number of hydrogen-bond acceptors (Lipinski definition) is 6. The summed E-state index contributed by atoms with van der Waals surface area (Å²) < 4.78 is 38.3. The molecule has 3 aromatic rings. The number of sulfonamides is 1. The van der Waals surface area contributed by atoms with E-state index in [9.17, 15) is 18.0 Å². The van der Waals surface area contributed by atoms with E-state index in [0.29, 0.717) is 17.0 Å². The topological polar surface area (TPSA) is 102 Å². The van der Waals surface area contributed by atoms with Crippen LogP contribution in [0.2, 0.25) is 0 Å². The van der Waals surface area contributed by atoms with E-state index in [0.717, 1.165) is 5.56 Å². The molecule has 0 saturated heterocycles. The van der Waals surface area contributed by atoms with Crippen molar-refractivity contribution in [2.24, 2.45) is 0 Å². The third-order valence-electron chi connectivity index (χ3n) is 5.28. The number of rotatable bonds is 10. The van der Waals surface area contributed by atoms with Gasteiger partial charge in [0.15, 0.2) is 6.61 Å². The molecule has 0 radical (unpaired) electrons. The highest BCUT2D eigenvalue weighted by molar-refractivity contribution is 7.92. The highest BCUT2D eigenvalue weighted by Gasteiger charge is 2.26. The van der Waals surface area contributed by atoms with Crippen LogP contribution in [0.4, 0.5) is 5.69 Å². The number of nitrogens with one attached hydrogen (secondary N) is 1. The van der Waals surface area contributed by atoms with Gasteiger partial charge < -0.3 is 14.8 Å². The number of amides is 1. The van der Waals surface area contributed by atoms with Crippen LogP contribution in [0.5, 0.6) is 5.75 Å². The lowest BCUT2D eigenvalue weighted by Crippen LogP contribution is -2.31. The molecule has 3 aromatic carbocycles. The maximum absolute atomic E-state index is 13.4. The third kappa shape index (κ3) is 6.39. The van der Waals surface area contributed by atoms with E-state index in [2.05, 4.69) is 5.32 Å². The Kier molecular flexibility index (Phi) is 8.48. The van der Waals surface area contributed by atoms with Crippen LogP contribution in [-0.2, 0) is 26.1 Å². The van der Waals surface area contributed by atoms with Crippen LogP contribution in [0, 0.1) is 6.92 Å². The molecule has 0 bridgehead atoms. The molecule has 0 aliphatic heterocycles.